The molecule has 4 rings (SSSR count). The first kappa shape index (κ1) is 20.5. The van der Waals surface area contributed by atoms with Crippen LogP contribution in [-0.2, 0) is 10.0 Å². The molecule has 1 fully saturated rings. The lowest BCUT2D eigenvalue weighted by Gasteiger charge is -2.35. The number of anilines is 2. The molecule has 1 amide bonds. The Morgan fingerprint density at radius 1 is 0.967 bits per heavy atom. The molecule has 0 bridgehead atoms. The van der Waals surface area contributed by atoms with Crippen LogP contribution in [0.3, 0.4) is 0 Å². The molecule has 2 aromatic carbocycles. The first-order valence-electron chi connectivity index (χ1n) is 9.40. The van der Waals surface area contributed by atoms with Crippen molar-refractivity contribution < 1.29 is 17.6 Å². The quantitative estimate of drug-likeness (QED) is 0.651. The summed E-state index contributed by atoms with van der Waals surface area (Å²) in [5.41, 5.74) is 1.33. The Hall–Kier alpha value is -2.75. The second-order valence-electron chi connectivity index (χ2n) is 6.81. The predicted octanol–water partition coefficient (Wildman–Crippen LogP) is 3.65. The lowest BCUT2D eigenvalue weighted by molar-refractivity contribution is 0.102. The van der Waals surface area contributed by atoms with Gasteiger partial charge in [0.2, 0.25) is 10.0 Å². The van der Waals surface area contributed by atoms with Crippen molar-refractivity contribution in [1.82, 2.24) is 4.31 Å². The summed E-state index contributed by atoms with van der Waals surface area (Å²) >= 11 is 1.05. The van der Waals surface area contributed by atoms with Crippen LogP contribution >= 0.6 is 11.3 Å². The molecular weight excluding hydrogens is 425 g/mol. The fourth-order valence-electron chi connectivity index (χ4n) is 3.38. The molecular formula is C21H20FN3O3S2. The highest BCUT2D eigenvalue weighted by atomic mass is 32.2. The van der Waals surface area contributed by atoms with Gasteiger partial charge in [0.25, 0.3) is 5.91 Å². The molecule has 1 N–H and O–H groups in total. The molecule has 1 aliphatic rings. The minimum absolute atomic E-state index is 0.0189. The van der Waals surface area contributed by atoms with Gasteiger partial charge < -0.3 is 10.2 Å². The van der Waals surface area contributed by atoms with Gasteiger partial charge in [0.15, 0.2) is 0 Å². The van der Waals surface area contributed by atoms with Crippen LogP contribution in [0.5, 0.6) is 0 Å². The summed E-state index contributed by atoms with van der Waals surface area (Å²) in [6, 6.07) is 16.8. The number of benzene rings is 2. The monoisotopic (exact) mass is 445 g/mol. The van der Waals surface area contributed by atoms with Gasteiger partial charge in [0, 0.05) is 37.6 Å². The minimum Gasteiger partial charge on any atom is -0.369 e. The third kappa shape index (κ3) is 4.23. The number of amides is 1. The van der Waals surface area contributed by atoms with Gasteiger partial charge in [-0.1, -0.05) is 24.3 Å². The Bertz CT molecular complexity index is 1140. The van der Waals surface area contributed by atoms with Crippen LogP contribution < -0.4 is 10.2 Å². The van der Waals surface area contributed by atoms with Crippen molar-refractivity contribution in [2.45, 2.75) is 4.90 Å². The SMILES string of the molecule is O=C(Nc1cccc(F)c1)c1sccc1S(=O)(=O)N1CCN(c2ccccc2)CC1. The van der Waals surface area contributed by atoms with Gasteiger partial charge in [-0.2, -0.15) is 4.31 Å². The summed E-state index contributed by atoms with van der Waals surface area (Å²) in [6.45, 7) is 1.80. The number of hydrogen-bond donors (Lipinski definition) is 1. The number of thiophene rings is 1. The number of piperazine rings is 1. The van der Waals surface area contributed by atoms with Gasteiger partial charge in [-0.25, -0.2) is 12.8 Å². The van der Waals surface area contributed by atoms with E-state index in [4.69, 9.17) is 0 Å². The van der Waals surface area contributed by atoms with Gasteiger partial charge in [0.05, 0.1) is 0 Å². The maximum Gasteiger partial charge on any atom is 0.267 e. The van der Waals surface area contributed by atoms with Crippen LogP contribution in [0.2, 0.25) is 0 Å². The van der Waals surface area contributed by atoms with Gasteiger partial charge in [-0.05, 0) is 41.8 Å². The van der Waals surface area contributed by atoms with Crippen molar-refractivity contribution in [1.29, 1.82) is 0 Å². The molecule has 0 atom stereocenters. The van der Waals surface area contributed by atoms with Gasteiger partial charge in [0.1, 0.15) is 15.6 Å². The third-order valence-corrected chi connectivity index (χ3v) is 7.88. The Labute approximate surface area is 178 Å². The van der Waals surface area contributed by atoms with Crippen molar-refractivity contribution in [3.8, 4) is 0 Å². The molecule has 0 aliphatic carbocycles. The molecule has 0 unspecified atom stereocenters. The predicted molar refractivity (Wildman–Crippen MR) is 116 cm³/mol. The molecule has 1 aliphatic heterocycles. The van der Waals surface area contributed by atoms with E-state index in [9.17, 15) is 17.6 Å². The average Bonchev–Trinajstić information content (AvgIpc) is 3.26. The zero-order valence-corrected chi connectivity index (χ0v) is 17.6. The van der Waals surface area contributed by atoms with E-state index in [0.29, 0.717) is 26.2 Å². The third-order valence-electron chi connectivity index (χ3n) is 4.90. The summed E-state index contributed by atoms with van der Waals surface area (Å²) < 4.78 is 41.2. The Kier molecular flexibility index (Phi) is 5.85. The van der Waals surface area contributed by atoms with Gasteiger partial charge in [-0.3, -0.25) is 4.79 Å². The number of carbonyl (C=O) groups is 1. The van der Waals surface area contributed by atoms with Gasteiger partial charge in [-0.15, -0.1) is 11.3 Å². The van der Waals surface area contributed by atoms with E-state index < -0.39 is 21.7 Å². The molecule has 30 heavy (non-hydrogen) atoms. The molecule has 0 spiro atoms. The van der Waals surface area contributed by atoms with E-state index in [2.05, 4.69) is 10.2 Å². The fourth-order valence-corrected chi connectivity index (χ4v) is 6.10. The van der Waals surface area contributed by atoms with E-state index >= 15 is 0 Å². The highest BCUT2D eigenvalue weighted by Gasteiger charge is 2.32. The number of rotatable bonds is 5. The average molecular weight is 446 g/mol. The maximum atomic E-state index is 13.4. The van der Waals surface area contributed by atoms with Gasteiger partial charge >= 0.3 is 0 Å². The van der Waals surface area contributed by atoms with Crippen LogP contribution in [-0.4, -0.2) is 44.8 Å². The van der Waals surface area contributed by atoms with Crippen molar-refractivity contribution >= 4 is 38.6 Å². The largest absolute Gasteiger partial charge is 0.369 e. The lowest BCUT2D eigenvalue weighted by atomic mass is 10.2. The van der Waals surface area contributed by atoms with E-state index in [-0.39, 0.29) is 15.5 Å². The van der Waals surface area contributed by atoms with Crippen LogP contribution in [0.25, 0.3) is 0 Å². The second kappa shape index (κ2) is 8.55. The van der Waals surface area contributed by atoms with Crippen molar-refractivity contribution in [2.24, 2.45) is 0 Å². The number of para-hydroxylation sites is 1. The maximum absolute atomic E-state index is 13.4. The highest BCUT2D eigenvalue weighted by Crippen LogP contribution is 2.28. The summed E-state index contributed by atoms with van der Waals surface area (Å²) in [6.07, 6.45) is 0. The Balaban J connectivity index is 1.49. The number of nitrogens with zero attached hydrogens (tertiary/aromatic N) is 2. The molecule has 156 valence electrons. The van der Waals surface area contributed by atoms with E-state index in [1.54, 1.807) is 11.4 Å². The molecule has 2 heterocycles. The Morgan fingerprint density at radius 3 is 2.40 bits per heavy atom. The molecule has 0 saturated carbocycles. The molecule has 0 radical (unpaired) electrons. The molecule has 3 aromatic rings. The van der Waals surface area contributed by atoms with Crippen LogP contribution in [0.4, 0.5) is 15.8 Å². The zero-order valence-electron chi connectivity index (χ0n) is 16.0. The Morgan fingerprint density at radius 2 is 1.70 bits per heavy atom. The number of halogens is 1. The first-order chi connectivity index (χ1) is 14.4. The van der Waals surface area contributed by atoms with Crippen molar-refractivity contribution in [3.05, 3.63) is 76.7 Å². The van der Waals surface area contributed by atoms with E-state index in [0.717, 1.165) is 17.0 Å². The molecule has 9 heteroatoms. The molecule has 6 nitrogen and oxygen atoms in total. The first-order valence-corrected chi connectivity index (χ1v) is 11.7. The van der Waals surface area contributed by atoms with Crippen molar-refractivity contribution in [2.75, 3.05) is 36.4 Å². The summed E-state index contributed by atoms with van der Waals surface area (Å²) in [4.78, 5) is 14.9. The zero-order chi connectivity index (χ0) is 21.1. The second-order valence-corrected chi connectivity index (χ2v) is 9.63. The van der Waals surface area contributed by atoms with E-state index in [1.165, 1.54) is 28.6 Å². The molecule has 1 saturated heterocycles. The number of sulfonamides is 1. The summed E-state index contributed by atoms with van der Waals surface area (Å²) in [7, 11) is -3.82. The summed E-state index contributed by atoms with van der Waals surface area (Å²) in [5, 5.41) is 4.15. The van der Waals surface area contributed by atoms with E-state index in [1.807, 2.05) is 30.3 Å². The van der Waals surface area contributed by atoms with Crippen LogP contribution in [0.15, 0.2) is 70.9 Å². The highest BCUT2D eigenvalue weighted by molar-refractivity contribution is 7.89. The standard InChI is InChI=1S/C21H20FN3O3S2/c22-16-5-4-6-17(15-16)23-21(26)20-19(9-14-29-20)30(27,28)25-12-10-24(11-13-25)18-7-2-1-3-8-18/h1-9,14-15H,10-13H2,(H,23,26). The normalized spacial score (nSPS) is 15.2. The number of hydrogen-bond acceptors (Lipinski definition) is 5. The smallest absolute Gasteiger partial charge is 0.267 e. The number of nitrogens with one attached hydrogen (secondary N) is 1. The summed E-state index contributed by atoms with van der Waals surface area (Å²) in [5.74, 6) is -1.06. The molecule has 1 aromatic heterocycles. The van der Waals surface area contributed by atoms with Crippen molar-refractivity contribution in [3.63, 3.8) is 0 Å². The number of carbonyl (C=O) groups excluding carboxylic acids is 1. The minimum atomic E-state index is -3.82. The van der Waals surface area contributed by atoms with Crippen LogP contribution in [0, 0.1) is 5.82 Å². The topological polar surface area (TPSA) is 69.7 Å². The van der Waals surface area contributed by atoms with Crippen LogP contribution in [0.1, 0.15) is 9.67 Å². The lowest BCUT2D eigenvalue weighted by Crippen LogP contribution is -2.48. The fraction of sp³-hybridized carbons (Fsp3) is 0.190.